The van der Waals surface area contributed by atoms with Crippen LogP contribution in [0.3, 0.4) is 0 Å². The zero-order valence-electron chi connectivity index (χ0n) is 12.6. The van der Waals surface area contributed by atoms with Gasteiger partial charge >= 0.3 is 0 Å². The second-order valence-electron chi connectivity index (χ2n) is 4.93. The molecule has 0 fully saturated rings. The van der Waals surface area contributed by atoms with Crippen molar-refractivity contribution in [2.75, 3.05) is 27.2 Å². The molecule has 2 N–H and O–H groups in total. The van der Waals surface area contributed by atoms with Gasteiger partial charge in [-0.1, -0.05) is 23.7 Å². The molecule has 0 spiro atoms. The second kappa shape index (κ2) is 8.64. The first kappa shape index (κ1) is 17.5. The fourth-order valence-corrected chi connectivity index (χ4v) is 2.05. The average molecular weight is 312 g/mol. The Kier molecular flexibility index (Phi) is 7.19. The Morgan fingerprint density at radius 3 is 2.43 bits per heavy atom. The summed E-state index contributed by atoms with van der Waals surface area (Å²) in [4.78, 5) is 25.2. The van der Waals surface area contributed by atoms with Crippen LogP contribution in [0.25, 0.3) is 0 Å². The van der Waals surface area contributed by atoms with Gasteiger partial charge in [0, 0.05) is 32.1 Å². The molecule has 1 aromatic rings. The van der Waals surface area contributed by atoms with Gasteiger partial charge in [-0.25, -0.2) is 0 Å². The summed E-state index contributed by atoms with van der Waals surface area (Å²) in [6.07, 6.45) is 0.224. The normalized spacial score (nSPS) is 11.8. The van der Waals surface area contributed by atoms with Crippen LogP contribution in [0.5, 0.6) is 0 Å². The third kappa shape index (κ3) is 6.14. The van der Waals surface area contributed by atoms with E-state index in [1.54, 1.807) is 24.1 Å². The maximum Gasteiger partial charge on any atom is 0.224 e. The SMILES string of the molecule is CNCCN(C)C(=O)CC(NC(C)=O)c1ccc(Cl)cc1. The van der Waals surface area contributed by atoms with Gasteiger partial charge in [-0.15, -0.1) is 0 Å². The van der Waals surface area contributed by atoms with E-state index in [0.717, 1.165) is 12.1 Å². The molecule has 2 amide bonds. The van der Waals surface area contributed by atoms with E-state index in [4.69, 9.17) is 11.6 Å². The molecule has 1 rings (SSSR count). The maximum absolute atomic E-state index is 12.2. The van der Waals surface area contributed by atoms with Crippen LogP contribution in [0.4, 0.5) is 0 Å². The molecule has 1 aromatic carbocycles. The lowest BCUT2D eigenvalue weighted by Crippen LogP contribution is -2.36. The van der Waals surface area contributed by atoms with E-state index in [1.165, 1.54) is 6.92 Å². The van der Waals surface area contributed by atoms with Gasteiger partial charge in [0.25, 0.3) is 0 Å². The topological polar surface area (TPSA) is 61.4 Å². The molecule has 0 aromatic heterocycles. The van der Waals surface area contributed by atoms with Crippen molar-refractivity contribution in [3.05, 3.63) is 34.9 Å². The van der Waals surface area contributed by atoms with Crippen LogP contribution in [0.1, 0.15) is 24.9 Å². The van der Waals surface area contributed by atoms with Gasteiger partial charge in [0.15, 0.2) is 0 Å². The highest BCUT2D eigenvalue weighted by molar-refractivity contribution is 6.30. The number of benzene rings is 1. The molecule has 0 aliphatic carbocycles. The van der Waals surface area contributed by atoms with E-state index in [2.05, 4.69) is 10.6 Å². The molecular formula is C15H22ClN3O2. The third-order valence-electron chi connectivity index (χ3n) is 3.15. The Hall–Kier alpha value is -1.59. The number of nitrogens with zero attached hydrogens (tertiary/aromatic N) is 1. The second-order valence-corrected chi connectivity index (χ2v) is 5.36. The van der Waals surface area contributed by atoms with Gasteiger partial charge < -0.3 is 15.5 Å². The number of carbonyl (C=O) groups excluding carboxylic acids is 2. The minimum Gasteiger partial charge on any atom is -0.349 e. The highest BCUT2D eigenvalue weighted by Crippen LogP contribution is 2.20. The van der Waals surface area contributed by atoms with Gasteiger partial charge in [-0.3, -0.25) is 9.59 Å². The van der Waals surface area contributed by atoms with Crippen molar-refractivity contribution in [3.8, 4) is 0 Å². The number of likely N-dealkylation sites (N-methyl/N-ethyl adjacent to an activating group) is 2. The number of hydrogen-bond acceptors (Lipinski definition) is 3. The Morgan fingerprint density at radius 2 is 1.90 bits per heavy atom. The van der Waals surface area contributed by atoms with E-state index >= 15 is 0 Å². The Balaban J connectivity index is 2.76. The molecule has 6 heteroatoms. The van der Waals surface area contributed by atoms with Crippen LogP contribution in [-0.2, 0) is 9.59 Å². The highest BCUT2D eigenvalue weighted by atomic mass is 35.5. The van der Waals surface area contributed by atoms with Crippen molar-refractivity contribution >= 4 is 23.4 Å². The fraction of sp³-hybridized carbons (Fsp3) is 0.467. The fourth-order valence-electron chi connectivity index (χ4n) is 1.93. The van der Waals surface area contributed by atoms with Crippen LogP contribution >= 0.6 is 11.6 Å². The summed E-state index contributed by atoms with van der Waals surface area (Å²) < 4.78 is 0. The van der Waals surface area contributed by atoms with E-state index in [1.807, 2.05) is 19.2 Å². The molecule has 21 heavy (non-hydrogen) atoms. The lowest BCUT2D eigenvalue weighted by atomic mass is 10.0. The predicted molar refractivity (Wildman–Crippen MR) is 84.2 cm³/mol. The van der Waals surface area contributed by atoms with Crippen LogP contribution < -0.4 is 10.6 Å². The summed E-state index contributed by atoms with van der Waals surface area (Å²) in [5.74, 6) is -0.181. The monoisotopic (exact) mass is 311 g/mol. The Bertz CT molecular complexity index is 476. The maximum atomic E-state index is 12.2. The van der Waals surface area contributed by atoms with E-state index in [0.29, 0.717) is 11.6 Å². The molecule has 1 atom stereocenters. The van der Waals surface area contributed by atoms with Crippen LogP contribution in [-0.4, -0.2) is 43.9 Å². The van der Waals surface area contributed by atoms with E-state index in [-0.39, 0.29) is 24.3 Å². The largest absolute Gasteiger partial charge is 0.349 e. The van der Waals surface area contributed by atoms with Crippen molar-refractivity contribution < 1.29 is 9.59 Å². The summed E-state index contributed by atoms with van der Waals surface area (Å²) in [7, 11) is 3.60. The first-order valence-corrected chi connectivity index (χ1v) is 7.23. The number of rotatable bonds is 7. The highest BCUT2D eigenvalue weighted by Gasteiger charge is 2.19. The molecular weight excluding hydrogens is 290 g/mol. The number of hydrogen-bond donors (Lipinski definition) is 2. The first-order valence-electron chi connectivity index (χ1n) is 6.85. The first-order chi connectivity index (χ1) is 9.93. The zero-order valence-corrected chi connectivity index (χ0v) is 13.4. The predicted octanol–water partition coefficient (Wildman–Crippen LogP) is 1.59. The summed E-state index contributed by atoms with van der Waals surface area (Å²) in [6, 6.07) is 6.81. The molecule has 0 saturated carbocycles. The van der Waals surface area contributed by atoms with Crippen molar-refractivity contribution in [3.63, 3.8) is 0 Å². The minimum absolute atomic E-state index is 0.0149. The summed E-state index contributed by atoms with van der Waals surface area (Å²) in [5.41, 5.74) is 0.866. The number of nitrogens with one attached hydrogen (secondary N) is 2. The van der Waals surface area contributed by atoms with Crippen LogP contribution in [0, 0.1) is 0 Å². The standard InChI is InChI=1S/C15H22ClN3O2/c1-11(20)18-14(12-4-6-13(16)7-5-12)10-15(21)19(3)9-8-17-2/h4-7,14,17H,8-10H2,1-3H3,(H,18,20). The number of halogens is 1. The van der Waals surface area contributed by atoms with Crippen molar-refractivity contribution in [2.45, 2.75) is 19.4 Å². The summed E-state index contributed by atoms with van der Waals surface area (Å²) in [6.45, 7) is 2.80. The van der Waals surface area contributed by atoms with Crippen molar-refractivity contribution in [1.29, 1.82) is 0 Å². The molecule has 0 aliphatic heterocycles. The third-order valence-corrected chi connectivity index (χ3v) is 3.40. The van der Waals surface area contributed by atoms with Gasteiger partial charge in [0.05, 0.1) is 12.5 Å². The molecule has 1 unspecified atom stereocenters. The van der Waals surface area contributed by atoms with Gasteiger partial charge in [0.1, 0.15) is 0 Å². The molecule has 116 valence electrons. The Morgan fingerprint density at radius 1 is 1.29 bits per heavy atom. The van der Waals surface area contributed by atoms with Crippen LogP contribution in [0.2, 0.25) is 5.02 Å². The van der Waals surface area contributed by atoms with E-state index in [9.17, 15) is 9.59 Å². The molecule has 5 nitrogen and oxygen atoms in total. The van der Waals surface area contributed by atoms with Crippen LogP contribution in [0.15, 0.2) is 24.3 Å². The summed E-state index contributed by atoms with van der Waals surface area (Å²) in [5, 5.41) is 6.43. The molecule has 0 bridgehead atoms. The smallest absolute Gasteiger partial charge is 0.224 e. The van der Waals surface area contributed by atoms with Gasteiger partial charge in [-0.2, -0.15) is 0 Å². The number of carbonyl (C=O) groups is 2. The average Bonchev–Trinajstić information content (AvgIpc) is 2.44. The lowest BCUT2D eigenvalue weighted by Gasteiger charge is -2.22. The lowest BCUT2D eigenvalue weighted by molar-refractivity contribution is -0.130. The molecule has 0 radical (unpaired) electrons. The quantitative estimate of drug-likeness (QED) is 0.804. The van der Waals surface area contributed by atoms with Crippen molar-refractivity contribution in [2.24, 2.45) is 0 Å². The molecule has 0 heterocycles. The van der Waals surface area contributed by atoms with Gasteiger partial charge in [-0.05, 0) is 24.7 Å². The minimum atomic E-state index is -0.343. The molecule has 0 saturated heterocycles. The van der Waals surface area contributed by atoms with Gasteiger partial charge in [0.2, 0.25) is 11.8 Å². The summed E-state index contributed by atoms with van der Waals surface area (Å²) >= 11 is 5.87. The Labute approximate surface area is 130 Å². The van der Waals surface area contributed by atoms with Crippen molar-refractivity contribution in [1.82, 2.24) is 15.5 Å². The number of amides is 2. The van der Waals surface area contributed by atoms with E-state index < -0.39 is 0 Å². The zero-order chi connectivity index (χ0) is 15.8. The molecule has 0 aliphatic rings.